The third-order valence-electron chi connectivity index (χ3n) is 5.76. The van der Waals surface area contributed by atoms with E-state index in [0.29, 0.717) is 5.75 Å². The molecule has 8 nitrogen and oxygen atoms in total. The maximum Gasteiger partial charge on any atom is 0.247 e. The number of nitrogens with zero attached hydrogens (tertiary/aromatic N) is 2. The van der Waals surface area contributed by atoms with E-state index in [1.807, 2.05) is 48.5 Å². The van der Waals surface area contributed by atoms with Crippen LogP contribution in [0, 0.1) is 0 Å². The second-order valence-electron chi connectivity index (χ2n) is 7.90. The van der Waals surface area contributed by atoms with Crippen LogP contribution in [0.2, 0.25) is 0 Å². The number of para-hydroxylation sites is 1. The van der Waals surface area contributed by atoms with E-state index in [0.717, 1.165) is 15.4 Å². The molecule has 0 aliphatic carbocycles. The molecule has 0 aromatic heterocycles. The first-order valence-electron chi connectivity index (χ1n) is 10.4. The molecule has 1 saturated heterocycles. The predicted molar refractivity (Wildman–Crippen MR) is 121 cm³/mol. The molecule has 1 fully saturated rings. The van der Waals surface area contributed by atoms with Crippen molar-refractivity contribution in [3.8, 4) is 5.75 Å². The van der Waals surface area contributed by atoms with E-state index in [9.17, 15) is 18.0 Å². The number of hydrogen-bond donors (Lipinski definition) is 1. The van der Waals surface area contributed by atoms with Crippen LogP contribution in [0.4, 0.5) is 0 Å². The Morgan fingerprint density at radius 1 is 1.12 bits per heavy atom. The Balaban J connectivity index is 1.93. The van der Waals surface area contributed by atoms with Crippen molar-refractivity contribution in [2.75, 3.05) is 26.0 Å². The second kappa shape index (κ2) is 9.70. The smallest absolute Gasteiger partial charge is 0.247 e. The van der Waals surface area contributed by atoms with Gasteiger partial charge in [0.25, 0.3) is 0 Å². The molecule has 0 bridgehead atoms. The number of piperazine rings is 1. The number of nitrogens with one attached hydrogen (secondary N) is 1. The van der Waals surface area contributed by atoms with Gasteiger partial charge in [-0.2, -0.15) is 4.31 Å². The molecule has 1 N–H and O–H groups in total. The van der Waals surface area contributed by atoms with Crippen molar-refractivity contribution in [2.45, 2.75) is 32.5 Å². The van der Waals surface area contributed by atoms with Crippen molar-refractivity contribution in [1.29, 1.82) is 0 Å². The lowest BCUT2D eigenvalue weighted by atomic mass is 9.94. The first-order valence-corrected chi connectivity index (χ1v) is 12.0. The van der Waals surface area contributed by atoms with Crippen LogP contribution in [0.3, 0.4) is 0 Å². The number of methoxy groups -OCH3 is 1. The molecule has 0 saturated carbocycles. The number of carbonyl (C=O) groups excluding carboxylic acids is 2. The Labute approximate surface area is 189 Å². The molecule has 172 valence electrons. The molecule has 1 aliphatic heterocycles. The monoisotopic (exact) mass is 459 g/mol. The van der Waals surface area contributed by atoms with Gasteiger partial charge >= 0.3 is 0 Å². The molecule has 32 heavy (non-hydrogen) atoms. The van der Waals surface area contributed by atoms with Crippen molar-refractivity contribution in [2.24, 2.45) is 0 Å². The third-order valence-corrected chi connectivity index (χ3v) is 7.53. The normalized spacial score (nSPS) is 19.6. The molecule has 0 radical (unpaired) electrons. The first kappa shape index (κ1) is 23.7. The average Bonchev–Trinajstić information content (AvgIpc) is 2.80. The van der Waals surface area contributed by atoms with E-state index in [4.69, 9.17) is 4.74 Å². The van der Waals surface area contributed by atoms with Crippen LogP contribution in [-0.2, 0) is 32.7 Å². The van der Waals surface area contributed by atoms with Gasteiger partial charge in [-0.15, -0.1) is 0 Å². The Morgan fingerprint density at radius 3 is 2.44 bits per heavy atom. The fourth-order valence-corrected chi connectivity index (χ4v) is 4.93. The van der Waals surface area contributed by atoms with Gasteiger partial charge in [0.1, 0.15) is 11.3 Å². The zero-order valence-corrected chi connectivity index (χ0v) is 19.4. The van der Waals surface area contributed by atoms with Crippen molar-refractivity contribution in [3.63, 3.8) is 0 Å². The highest BCUT2D eigenvalue weighted by molar-refractivity contribution is 7.89. The lowest BCUT2D eigenvalue weighted by molar-refractivity contribution is -0.153. The maximum absolute atomic E-state index is 13.4. The minimum absolute atomic E-state index is 0.120. The molecule has 1 heterocycles. The van der Waals surface area contributed by atoms with Crippen molar-refractivity contribution in [3.05, 3.63) is 65.7 Å². The van der Waals surface area contributed by atoms with Crippen LogP contribution in [-0.4, -0.2) is 60.9 Å². The quantitative estimate of drug-likeness (QED) is 0.649. The summed E-state index contributed by atoms with van der Waals surface area (Å²) in [6, 6.07) is 16.6. The lowest BCUT2D eigenvalue weighted by Gasteiger charge is -2.46. The standard InChI is InChI=1S/C23H29N3O5S/c1-4-32(29,30)25-16-21(27)26(15-19-12-8-9-13-20(19)31-3)23(2,17-25)22(28)24-14-18-10-6-5-7-11-18/h5-13H,4,14-17H2,1-3H3,(H,24,28)/t23-/m0/s1. The minimum Gasteiger partial charge on any atom is -0.496 e. The third kappa shape index (κ3) is 4.94. The summed E-state index contributed by atoms with van der Waals surface area (Å²) in [6.45, 7) is 3.11. The summed E-state index contributed by atoms with van der Waals surface area (Å²) in [4.78, 5) is 28.0. The number of sulfonamides is 1. The van der Waals surface area contributed by atoms with Gasteiger partial charge in [0.2, 0.25) is 21.8 Å². The van der Waals surface area contributed by atoms with Crippen LogP contribution in [0.15, 0.2) is 54.6 Å². The highest BCUT2D eigenvalue weighted by Crippen LogP contribution is 2.29. The fraction of sp³-hybridized carbons (Fsp3) is 0.391. The molecule has 1 aliphatic rings. The zero-order valence-electron chi connectivity index (χ0n) is 18.6. The Bertz CT molecular complexity index is 1070. The average molecular weight is 460 g/mol. The Hall–Kier alpha value is -2.91. The van der Waals surface area contributed by atoms with Crippen LogP contribution in [0.5, 0.6) is 5.75 Å². The molecular formula is C23H29N3O5S. The molecule has 1 atom stereocenters. The zero-order chi connectivity index (χ0) is 23.4. The van der Waals surface area contributed by atoms with E-state index in [1.54, 1.807) is 13.0 Å². The van der Waals surface area contributed by atoms with Crippen LogP contribution >= 0.6 is 0 Å². The summed E-state index contributed by atoms with van der Waals surface area (Å²) in [7, 11) is -2.11. The molecule has 2 aromatic rings. The number of ether oxygens (including phenoxy) is 1. The van der Waals surface area contributed by atoms with E-state index in [2.05, 4.69) is 5.32 Å². The predicted octanol–water partition coefficient (Wildman–Crippen LogP) is 1.76. The number of rotatable bonds is 8. The van der Waals surface area contributed by atoms with Gasteiger partial charge in [0.15, 0.2) is 0 Å². The van der Waals surface area contributed by atoms with Crippen LogP contribution in [0.1, 0.15) is 25.0 Å². The Kier molecular flexibility index (Phi) is 7.20. The second-order valence-corrected chi connectivity index (χ2v) is 10.2. The number of hydrogen-bond acceptors (Lipinski definition) is 5. The van der Waals surface area contributed by atoms with Gasteiger partial charge in [-0.3, -0.25) is 9.59 Å². The van der Waals surface area contributed by atoms with Crippen molar-refractivity contribution in [1.82, 2.24) is 14.5 Å². The highest BCUT2D eigenvalue weighted by Gasteiger charge is 2.49. The number of carbonyl (C=O) groups is 2. The molecule has 3 rings (SSSR count). The molecule has 0 unspecified atom stereocenters. The van der Waals surface area contributed by atoms with E-state index in [1.165, 1.54) is 18.9 Å². The van der Waals surface area contributed by atoms with E-state index < -0.39 is 27.4 Å². The van der Waals surface area contributed by atoms with Crippen LogP contribution in [0.25, 0.3) is 0 Å². The molecule has 2 amide bonds. The summed E-state index contributed by atoms with van der Waals surface area (Å²) in [6.07, 6.45) is 0. The summed E-state index contributed by atoms with van der Waals surface area (Å²) in [5.74, 6) is -0.401. The molecule has 9 heteroatoms. The topological polar surface area (TPSA) is 96.0 Å². The minimum atomic E-state index is -3.65. The van der Waals surface area contributed by atoms with Gasteiger partial charge in [0.05, 0.1) is 26.0 Å². The van der Waals surface area contributed by atoms with Gasteiger partial charge in [-0.05, 0) is 25.5 Å². The fourth-order valence-electron chi connectivity index (χ4n) is 3.80. The van der Waals surface area contributed by atoms with Gasteiger partial charge in [0, 0.05) is 18.7 Å². The largest absolute Gasteiger partial charge is 0.496 e. The van der Waals surface area contributed by atoms with Gasteiger partial charge in [-0.1, -0.05) is 48.5 Å². The molecule has 2 aromatic carbocycles. The number of benzene rings is 2. The summed E-state index contributed by atoms with van der Waals surface area (Å²) < 4.78 is 31.6. The first-order chi connectivity index (χ1) is 15.2. The van der Waals surface area contributed by atoms with E-state index >= 15 is 0 Å². The highest BCUT2D eigenvalue weighted by atomic mass is 32.2. The lowest BCUT2D eigenvalue weighted by Crippen LogP contribution is -2.69. The summed E-state index contributed by atoms with van der Waals surface area (Å²) in [5, 5.41) is 2.88. The molecular weight excluding hydrogens is 430 g/mol. The summed E-state index contributed by atoms with van der Waals surface area (Å²) in [5.41, 5.74) is 0.242. The Morgan fingerprint density at radius 2 is 1.78 bits per heavy atom. The van der Waals surface area contributed by atoms with Gasteiger partial charge < -0.3 is 15.0 Å². The number of amides is 2. The van der Waals surface area contributed by atoms with Crippen molar-refractivity contribution >= 4 is 21.8 Å². The summed E-state index contributed by atoms with van der Waals surface area (Å²) >= 11 is 0. The maximum atomic E-state index is 13.4. The van der Waals surface area contributed by atoms with E-state index in [-0.39, 0.29) is 31.9 Å². The SMILES string of the molecule is CCS(=O)(=O)N1CC(=O)N(Cc2ccccc2OC)[C@](C)(C(=O)NCc2ccccc2)C1. The van der Waals surface area contributed by atoms with Gasteiger partial charge in [-0.25, -0.2) is 8.42 Å². The van der Waals surface area contributed by atoms with Crippen molar-refractivity contribution < 1.29 is 22.7 Å². The van der Waals surface area contributed by atoms with Crippen LogP contribution < -0.4 is 10.1 Å². The molecule has 0 spiro atoms.